The van der Waals surface area contributed by atoms with E-state index in [0.29, 0.717) is 11.6 Å². The van der Waals surface area contributed by atoms with E-state index in [2.05, 4.69) is 28.4 Å². The maximum absolute atomic E-state index is 13.4. The quantitative estimate of drug-likeness (QED) is 0.457. The highest BCUT2D eigenvalue weighted by Gasteiger charge is 2.38. The van der Waals surface area contributed by atoms with Crippen LogP contribution in [-0.2, 0) is 14.4 Å². The van der Waals surface area contributed by atoms with Gasteiger partial charge in [-0.05, 0) is 24.5 Å². The number of piperazine rings is 1. The lowest BCUT2D eigenvalue weighted by atomic mass is 9.85. The van der Waals surface area contributed by atoms with Gasteiger partial charge in [-0.1, -0.05) is 39.0 Å². The molecule has 0 radical (unpaired) electrons. The molecule has 1 saturated heterocycles. The van der Waals surface area contributed by atoms with Gasteiger partial charge in [0.15, 0.2) is 0 Å². The van der Waals surface area contributed by atoms with Gasteiger partial charge in [0.25, 0.3) is 0 Å². The zero-order valence-corrected chi connectivity index (χ0v) is 23.3. The first-order chi connectivity index (χ1) is 17.9. The minimum atomic E-state index is -0.854. The van der Waals surface area contributed by atoms with Gasteiger partial charge in [-0.3, -0.25) is 14.4 Å². The van der Waals surface area contributed by atoms with Gasteiger partial charge in [0.2, 0.25) is 23.6 Å². The Morgan fingerprint density at radius 1 is 1.03 bits per heavy atom. The van der Waals surface area contributed by atoms with E-state index in [-0.39, 0.29) is 43.7 Å². The Hall–Kier alpha value is -3.54. The number of aryl methyl sites for hydroxylation is 1. The fraction of sp³-hybridized carbons (Fsp3) is 0.500. The summed E-state index contributed by atoms with van der Waals surface area (Å²) in [5.41, 5.74) is 0.891. The highest BCUT2D eigenvalue weighted by Crippen LogP contribution is 2.23. The van der Waals surface area contributed by atoms with Crippen LogP contribution in [0.2, 0.25) is 0 Å². The van der Waals surface area contributed by atoms with Crippen molar-refractivity contribution in [2.24, 2.45) is 5.41 Å². The first-order valence-electron chi connectivity index (χ1n) is 12.5. The van der Waals surface area contributed by atoms with Gasteiger partial charge >= 0.3 is 6.09 Å². The normalized spacial score (nSPS) is 15.4. The van der Waals surface area contributed by atoms with Crippen molar-refractivity contribution >= 4 is 36.4 Å². The Morgan fingerprint density at radius 3 is 2.18 bits per heavy atom. The molecule has 1 aliphatic heterocycles. The van der Waals surface area contributed by atoms with Crippen LogP contribution in [0.1, 0.15) is 33.4 Å². The average molecular weight is 545 g/mol. The maximum Gasteiger partial charge on any atom is 0.416 e. The molecule has 38 heavy (non-hydrogen) atoms. The Morgan fingerprint density at radius 2 is 1.63 bits per heavy atom. The number of nitrogens with zero attached hydrogens (tertiary/aromatic N) is 4. The van der Waals surface area contributed by atoms with E-state index in [0.717, 1.165) is 5.69 Å². The van der Waals surface area contributed by atoms with E-state index < -0.39 is 29.5 Å². The largest absolute Gasteiger partial charge is 0.416 e. The second kappa shape index (κ2) is 12.3. The van der Waals surface area contributed by atoms with E-state index in [4.69, 9.17) is 4.74 Å². The summed E-state index contributed by atoms with van der Waals surface area (Å²) >= 11 is 4.15. The van der Waals surface area contributed by atoms with Gasteiger partial charge in [0.1, 0.15) is 12.1 Å². The van der Waals surface area contributed by atoms with Gasteiger partial charge in [-0.25, -0.2) is 9.48 Å². The molecule has 11 nitrogen and oxygen atoms in total. The third-order valence-corrected chi connectivity index (χ3v) is 6.48. The van der Waals surface area contributed by atoms with Crippen molar-refractivity contribution in [3.8, 4) is 11.6 Å². The van der Waals surface area contributed by atoms with Crippen LogP contribution in [0.5, 0.6) is 5.88 Å². The summed E-state index contributed by atoms with van der Waals surface area (Å²) in [6.07, 6.45) is -0.526. The Balaban J connectivity index is 1.63. The van der Waals surface area contributed by atoms with E-state index in [1.807, 2.05) is 58.0 Å². The Labute approximate surface area is 228 Å². The van der Waals surface area contributed by atoms with Crippen LogP contribution < -0.4 is 15.4 Å². The second-order valence-corrected chi connectivity index (χ2v) is 10.7. The SMILES string of the molecule is CC(=O)N[C@@H](CS)C(=O)N[C@H](C(=O)N1CCN(C(=O)Oc2cc(C)nn2-c2ccccc2)CC1)C(C)(C)C. The van der Waals surface area contributed by atoms with Gasteiger partial charge < -0.3 is 25.2 Å². The van der Waals surface area contributed by atoms with Crippen LogP contribution in [0.15, 0.2) is 36.4 Å². The zero-order valence-electron chi connectivity index (χ0n) is 22.4. The van der Waals surface area contributed by atoms with Gasteiger partial charge in [-0.15, -0.1) is 0 Å². The number of carbonyl (C=O) groups excluding carboxylic acids is 4. The number of para-hydroxylation sites is 1. The van der Waals surface area contributed by atoms with Crippen LogP contribution in [0, 0.1) is 12.3 Å². The van der Waals surface area contributed by atoms with Crippen molar-refractivity contribution < 1.29 is 23.9 Å². The summed E-state index contributed by atoms with van der Waals surface area (Å²) in [6, 6.07) is 9.39. The van der Waals surface area contributed by atoms with Crippen molar-refractivity contribution in [2.45, 2.75) is 46.7 Å². The molecule has 206 valence electrons. The van der Waals surface area contributed by atoms with Crippen LogP contribution in [0.25, 0.3) is 5.69 Å². The van der Waals surface area contributed by atoms with Crippen molar-refractivity contribution in [1.82, 2.24) is 30.2 Å². The van der Waals surface area contributed by atoms with Gasteiger partial charge in [-0.2, -0.15) is 17.7 Å². The number of benzene rings is 1. The summed E-state index contributed by atoms with van der Waals surface area (Å²) in [4.78, 5) is 53.8. The third-order valence-electron chi connectivity index (χ3n) is 6.12. The Bertz CT molecular complexity index is 1150. The van der Waals surface area contributed by atoms with Crippen molar-refractivity contribution in [1.29, 1.82) is 0 Å². The Kier molecular flexibility index (Phi) is 9.42. The molecule has 3 rings (SSSR count). The second-order valence-electron chi connectivity index (χ2n) is 10.3. The first-order valence-corrected chi connectivity index (χ1v) is 13.1. The molecule has 2 atom stereocenters. The number of hydrogen-bond acceptors (Lipinski definition) is 7. The van der Waals surface area contributed by atoms with E-state index in [1.54, 1.807) is 20.5 Å². The number of carbonyl (C=O) groups is 4. The summed E-state index contributed by atoms with van der Waals surface area (Å²) in [5, 5.41) is 9.75. The standard InChI is InChI=1S/C26H36N6O5S/c1-17-15-21(32(29-17)19-9-7-6-8-10-19)37-25(36)31-13-11-30(12-14-31)24(35)22(26(3,4)5)28-23(34)20(16-38)27-18(2)33/h6-10,15,20,22,38H,11-14,16H2,1-5H3,(H,27,33)(H,28,34)/t20-,22+/m0/s1. The molecule has 4 amide bonds. The van der Waals surface area contributed by atoms with Gasteiger partial charge in [0, 0.05) is 44.9 Å². The fourth-order valence-corrected chi connectivity index (χ4v) is 4.34. The molecule has 0 spiro atoms. The topological polar surface area (TPSA) is 126 Å². The lowest BCUT2D eigenvalue weighted by Crippen LogP contribution is -2.61. The molecule has 0 aliphatic carbocycles. The fourth-order valence-electron chi connectivity index (χ4n) is 4.08. The summed E-state index contributed by atoms with van der Waals surface area (Å²) in [7, 11) is 0. The van der Waals surface area contributed by atoms with Gasteiger partial charge in [0.05, 0.1) is 11.4 Å². The molecular weight excluding hydrogens is 508 g/mol. The van der Waals surface area contributed by atoms with E-state index in [1.165, 1.54) is 6.92 Å². The molecule has 0 unspecified atom stereocenters. The van der Waals surface area contributed by atoms with E-state index in [9.17, 15) is 19.2 Å². The summed E-state index contributed by atoms with van der Waals surface area (Å²) in [6.45, 7) is 9.83. The molecule has 12 heteroatoms. The van der Waals surface area contributed by atoms with Crippen molar-refractivity contribution in [2.75, 3.05) is 31.9 Å². The minimum Gasteiger partial charge on any atom is -0.391 e. The summed E-state index contributed by atoms with van der Waals surface area (Å²) < 4.78 is 7.24. The number of rotatable bonds is 7. The molecule has 2 aromatic rings. The maximum atomic E-state index is 13.4. The molecule has 1 aliphatic rings. The molecule has 1 aromatic heterocycles. The highest BCUT2D eigenvalue weighted by molar-refractivity contribution is 7.80. The molecule has 1 aromatic carbocycles. The number of nitrogens with one attached hydrogen (secondary N) is 2. The van der Waals surface area contributed by atoms with Crippen molar-refractivity contribution in [3.05, 3.63) is 42.1 Å². The molecule has 1 fully saturated rings. The molecule has 0 bridgehead atoms. The molecule has 2 N–H and O–H groups in total. The number of aromatic nitrogens is 2. The molecule has 2 heterocycles. The predicted molar refractivity (Wildman–Crippen MR) is 145 cm³/mol. The number of ether oxygens (including phenoxy) is 1. The van der Waals surface area contributed by atoms with Crippen LogP contribution >= 0.6 is 12.6 Å². The lowest BCUT2D eigenvalue weighted by Gasteiger charge is -2.39. The first kappa shape index (κ1) is 29.0. The summed E-state index contributed by atoms with van der Waals surface area (Å²) in [5.74, 6) is -0.679. The number of thiol groups is 1. The molecular formula is C26H36N6O5S. The van der Waals surface area contributed by atoms with Crippen LogP contribution in [0.4, 0.5) is 4.79 Å². The highest BCUT2D eigenvalue weighted by atomic mass is 32.1. The number of amides is 4. The average Bonchev–Trinajstić information content (AvgIpc) is 3.24. The van der Waals surface area contributed by atoms with Crippen LogP contribution in [-0.4, -0.2) is 87.4 Å². The molecule has 0 saturated carbocycles. The van der Waals surface area contributed by atoms with Crippen LogP contribution in [0.3, 0.4) is 0 Å². The lowest BCUT2D eigenvalue weighted by molar-refractivity contribution is -0.141. The predicted octanol–water partition coefficient (Wildman–Crippen LogP) is 1.79. The third kappa shape index (κ3) is 7.27. The van der Waals surface area contributed by atoms with E-state index >= 15 is 0 Å². The minimum absolute atomic E-state index is 0.0972. The monoisotopic (exact) mass is 544 g/mol. The zero-order chi connectivity index (χ0) is 28.0. The smallest absolute Gasteiger partial charge is 0.391 e. The van der Waals surface area contributed by atoms with Crippen molar-refractivity contribution in [3.63, 3.8) is 0 Å². The number of hydrogen-bond donors (Lipinski definition) is 3.